The second-order valence-corrected chi connectivity index (χ2v) is 7.55. The van der Waals surface area contributed by atoms with Crippen LogP contribution in [0.2, 0.25) is 0 Å². The Bertz CT molecular complexity index is 1150. The maximum Gasteiger partial charge on any atom is 0.312 e. The van der Waals surface area contributed by atoms with Crippen LogP contribution in [-0.2, 0) is 15.0 Å². The molecule has 0 fully saturated rings. The summed E-state index contributed by atoms with van der Waals surface area (Å²) in [6, 6.07) is 4.85. The average Bonchev–Trinajstić information content (AvgIpc) is 2.76. The first-order valence-corrected chi connectivity index (χ1v) is 9.75. The van der Waals surface area contributed by atoms with Gasteiger partial charge in [-0.2, -0.15) is 14.0 Å². The maximum atomic E-state index is 15.2. The quantitative estimate of drug-likeness (QED) is 0.673. The van der Waals surface area contributed by atoms with Gasteiger partial charge >= 0.3 is 5.92 Å². The summed E-state index contributed by atoms with van der Waals surface area (Å²) in [4.78, 5) is 24.4. The van der Waals surface area contributed by atoms with E-state index in [1.165, 1.54) is 26.3 Å². The second kappa shape index (κ2) is 9.03. The summed E-state index contributed by atoms with van der Waals surface area (Å²) in [5.41, 5.74) is 2.99. The molecule has 0 bridgehead atoms. The van der Waals surface area contributed by atoms with Crippen molar-refractivity contribution in [2.24, 2.45) is 16.6 Å². The van der Waals surface area contributed by atoms with Crippen molar-refractivity contribution < 1.29 is 27.4 Å². The first-order chi connectivity index (χ1) is 15.6. The minimum atomic E-state index is -3.70. The molecule has 2 aromatic rings. The van der Waals surface area contributed by atoms with E-state index in [0.717, 1.165) is 12.1 Å². The summed E-state index contributed by atoms with van der Waals surface area (Å²) in [5.74, 6) is -6.77. The van der Waals surface area contributed by atoms with E-state index in [1.807, 2.05) is 6.07 Å². The van der Waals surface area contributed by atoms with E-state index in [4.69, 9.17) is 20.5 Å². The third-order valence-corrected chi connectivity index (χ3v) is 5.25. The van der Waals surface area contributed by atoms with Gasteiger partial charge in [-0.05, 0) is 30.7 Å². The fourth-order valence-electron chi connectivity index (χ4n) is 3.69. The van der Waals surface area contributed by atoms with Gasteiger partial charge in [0.15, 0.2) is 12.1 Å². The number of nitrogens with two attached hydrogens (primary N) is 1. The van der Waals surface area contributed by atoms with Crippen LogP contribution in [0.5, 0.6) is 0 Å². The lowest BCUT2D eigenvalue weighted by Gasteiger charge is -2.43. The molecule has 2 aromatic heterocycles. The Balaban J connectivity index is 2.08. The van der Waals surface area contributed by atoms with Crippen molar-refractivity contribution in [3.8, 4) is 6.07 Å². The van der Waals surface area contributed by atoms with Crippen LogP contribution in [0, 0.1) is 30.0 Å². The second-order valence-electron chi connectivity index (χ2n) is 7.55. The number of aromatic nitrogens is 2. The zero-order valence-electron chi connectivity index (χ0n) is 18.0. The lowest BCUT2D eigenvalue weighted by atomic mass is 9.76. The number of pyridine rings is 2. The van der Waals surface area contributed by atoms with Gasteiger partial charge in [-0.25, -0.2) is 19.4 Å². The van der Waals surface area contributed by atoms with Crippen LogP contribution >= 0.6 is 0 Å². The number of alkyl halides is 2. The highest BCUT2D eigenvalue weighted by Crippen LogP contribution is 2.49. The van der Waals surface area contributed by atoms with E-state index in [9.17, 15) is 9.18 Å². The van der Waals surface area contributed by atoms with E-state index >= 15 is 8.78 Å². The molecule has 1 aliphatic rings. The van der Waals surface area contributed by atoms with Gasteiger partial charge in [0.05, 0.1) is 12.2 Å². The zero-order valence-corrected chi connectivity index (χ0v) is 18.0. The summed E-state index contributed by atoms with van der Waals surface area (Å²) in [5, 5.41) is 11.4. The molecule has 3 heterocycles. The number of nitriles is 1. The van der Waals surface area contributed by atoms with Gasteiger partial charge in [0, 0.05) is 19.2 Å². The van der Waals surface area contributed by atoms with E-state index in [2.05, 4.69) is 20.3 Å². The third kappa shape index (κ3) is 4.31. The number of nitrogens with one attached hydrogen (secondary N) is 1. The minimum Gasteiger partial charge on any atom is -0.459 e. The molecule has 3 rings (SSSR count). The van der Waals surface area contributed by atoms with Gasteiger partial charge < -0.3 is 20.5 Å². The molecule has 12 heteroatoms. The number of rotatable bonds is 6. The molecule has 33 heavy (non-hydrogen) atoms. The van der Waals surface area contributed by atoms with Crippen LogP contribution in [0.1, 0.15) is 34.2 Å². The Morgan fingerprint density at radius 2 is 2.18 bits per heavy atom. The van der Waals surface area contributed by atoms with E-state index in [0.29, 0.717) is 5.56 Å². The molecular formula is C21H21F3N6O3. The number of amidine groups is 1. The molecule has 1 aliphatic heterocycles. The highest BCUT2D eigenvalue weighted by Gasteiger charge is 2.63. The Morgan fingerprint density at radius 1 is 1.45 bits per heavy atom. The summed E-state index contributed by atoms with van der Waals surface area (Å²) >= 11 is 0. The highest BCUT2D eigenvalue weighted by molar-refractivity contribution is 6.03. The molecular weight excluding hydrogens is 441 g/mol. The van der Waals surface area contributed by atoms with Gasteiger partial charge in [-0.3, -0.25) is 4.79 Å². The summed E-state index contributed by atoms with van der Waals surface area (Å²) in [6.07, 6.45) is 1.22. The molecule has 0 saturated carbocycles. The molecule has 1 amide bonds. The molecule has 2 atom stereocenters. The Morgan fingerprint density at radius 3 is 2.82 bits per heavy atom. The van der Waals surface area contributed by atoms with Crippen LogP contribution in [0.3, 0.4) is 0 Å². The van der Waals surface area contributed by atoms with Gasteiger partial charge in [-0.1, -0.05) is 6.92 Å². The smallest absolute Gasteiger partial charge is 0.312 e. The maximum absolute atomic E-state index is 15.2. The summed E-state index contributed by atoms with van der Waals surface area (Å²) in [7, 11) is 1.31. The fraction of sp³-hybridized carbons (Fsp3) is 0.381. The molecule has 0 spiro atoms. The molecule has 2 unspecified atom stereocenters. The fourth-order valence-corrected chi connectivity index (χ4v) is 3.69. The average molecular weight is 462 g/mol. The summed E-state index contributed by atoms with van der Waals surface area (Å²) < 4.78 is 55.2. The standard InChI is InChI=1S/C21H21F3N6O3/c1-11-6-13(7-25)8-27-16(11)18(31)29-15-5-4-14(22)17(28-15)21(12(2)9-32-3)20(23,24)10-33-19(26)30-21/h4-6,8,12H,9-10H2,1-3H3,(H2,26,30)(H,28,29,31). The van der Waals surface area contributed by atoms with E-state index in [1.54, 1.807) is 6.92 Å². The number of halogens is 3. The molecule has 0 radical (unpaired) electrons. The van der Waals surface area contributed by atoms with Crippen LogP contribution < -0.4 is 11.1 Å². The predicted octanol–water partition coefficient (Wildman–Crippen LogP) is 2.51. The van der Waals surface area contributed by atoms with Gasteiger partial charge in [0.25, 0.3) is 11.9 Å². The minimum absolute atomic E-state index is 0.0113. The molecule has 3 N–H and O–H groups in total. The number of nitrogens with zero attached hydrogens (tertiary/aromatic N) is 4. The van der Waals surface area contributed by atoms with Gasteiger partial charge in [0.2, 0.25) is 0 Å². The number of hydrogen-bond acceptors (Lipinski definition) is 8. The topological polar surface area (TPSA) is 136 Å². The molecule has 9 nitrogen and oxygen atoms in total. The molecule has 0 saturated heterocycles. The molecule has 0 aliphatic carbocycles. The predicted molar refractivity (Wildman–Crippen MR) is 111 cm³/mol. The first-order valence-electron chi connectivity index (χ1n) is 9.75. The zero-order chi connectivity index (χ0) is 24.4. The van der Waals surface area contributed by atoms with Crippen molar-refractivity contribution >= 4 is 17.7 Å². The SMILES string of the molecule is COCC(C)C1(c2nc(NC(=O)c3ncc(C#N)cc3C)ccc2F)N=C(N)OCC1(F)F. The highest BCUT2D eigenvalue weighted by atomic mass is 19.3. The van der Waals surface area contributed by atoms with Crippen molar-refractivity contribution in [3.63, 3.8) is 0 Å². The number of carbonyl (C=O) groups is 1. The lowest BCUT2D eigenvalue weighted by molar-refractivity contribution is -0.148. The van der Waals surface area contributed by atoms with Crippen molar-refractivity contribution in [1.82, 2.24) is 9.97 Å². The van der Waals surface area contributed by atoms with Crippen LogP contribution in [-0.4, -0.2) is 48.1 Å². The van der Waals surface area contributed by atoms with Gasteiger partial charge in [0.1, 0.15) is 29.1 Å². The number of amides is 1. The van der Waals surface area contributed by atoms with Crippen molar-refractivity contribution in [2.75, 3.05) is 25.6 Å². The van der Waals surface area contributed by atoms with Crippen LogP contribution in [0.25, 0.3) is 0 Å². The number of carbonyl (C=O) groups excluding carboxylic acids is 1. The number of ether oxygens (including phenoxy) is 2. The van der Waals surface area contributed by atoms with Crippen LogP contribution in [0.15, 0.2) is 29.4 Å². The Hall–Kier alpha value is -3.72. The van der Waals surface area contributed by atoms with Crippen LogP contribution in [0.4, 0.5) is 19.0 Å². The van der Waals surface area contributed by atoms with Gasteiger partial charge in [-0.15, -0.1) is 0 Å². The van der Waals surface area contributed by atoms with E-state index in [-0.39, 0.29) is 23.7 Å². The Kier molecular flexibility index (Phi) is 6.55. The number of aliphatic imine (C=N–C) groups is 1. The van der Waals surface area contributed by atoms with E-state index < -0.39 is 47.4 Å². The number of aryl methyl sites for hydroxylation is 1. The lowest BCUT2D eigenvalue weighted by Crippen LogP contribution is -2.57. The normalized spacial score (nSPS) is 20.2. The Labute approximate surface area is 187 Å². The summed E-state index contributed by atoms with van der Waals surface area (Å²) in [6.45, 7) is 1.63. The third-order valence-electron chi connectivity index (χ3n) is 5.25. The number of hydrogen-bond donors (Lipinski definition) is 2. The first kappa shape index (κ1) is 23.9. The van der Waals surface area contributed by atoms with Crippen molar-refractivity contribution in [3.05, 3.63) is 52.7 Å². The van der Waals surface area contributed by atoms with Crippen molar-refractivity contribution in [2.45, 2.75) is 25.3 Å². The number of anilines is 1. The molecule has 0 aromatic carbocycles. The largest absolute Gasteiger partial charge is 0.459 e. The molecule has 174 valence electrons. The monoisotopic (exact) mass is 462 g/mol. The number of methoxy groups -OCH3 is 1. The van der Waals surface area contributed by atoms with Crippen molar-refractivity contribution in [1.29, 1.82) is 5.26 Å².